The Labute approximate surface area is 95.2 Å². The number of amides is 2. The van der Waals surface area contributed by atoms with Crippen molar-refractivity contribution in [2.75, 3.05) is 0 Å². The van der Waals surface area contributed by atoms with Crippen molar-refractivity contribution in [3.8, 4) is 0 Å². The van der Waals surface area contributed by atoms with Crippen LogP contribution >= 0.6 is 15.9 Å². The fourth-order valence-corrected chi connectivity index (χ4v) is 1.22. The van der Waals surface area contributed by atoms with E-state index in [-0.39, 0.29) is 5.69 Å². The van der Waals surface area contributed by atoms with E-state index in [1.807, 2.05) is 0 Å². The molecule has 6 heteroatoms. The Kier molecular flexibility index (Phi) is 3.79. The molecule has 0 aromatic carbocycles. The summed E-state index contributed by atoms with van der Waals surface area (Å²) in [5.74, 6) is -1.01. The van der Waals surface area contributed by atoms with Crippen molar-refractivity contribution in [1.29, 1.82) is 0 Å². The fourth-order valence-electron chi connectivity index (χ4n) is 0.876. The molecular formula is C9H10BrN3O2. The number of halogens is 1. The van der Waals surface area contributed by atoms with Gasteiger partial charge in [-0.15, -0.1) is 0 Å². The maximum atomic E-state index is 11.5. The minimum Gasteiger partial charge on any atom is -0.368 e. The number of nitrogens with one attached hydrogen (secondary N) is 1. The third-order valence-corrected chi connectivity index (χ3v) is 2.16. The number of primary amides is 1. The number of rotatable bonds is 3. The van der Waals surface area contributed by atoms with Gasteiger partial charge in [0.05, 0.1) is 0 Å². The van der Waals surface area contributed by atoms with Gasteiger partial charge in [0, 0.05) is 0 Å². The molecule has 0 fully saturated rings. The summed E-state index contributed by atoms with van der Waals surface area (Å²) >= 11 is 3.14. The molecule has 1 aromatic rings. The van der Waals surface area contributed by atoms with Crippen LogP contribution in [0.2, 0.25) is 0 Å². The zero-order valence-electron chi connectivity index (χ0n) is 8.03. The first-order valence-electron chi connectivity index (χ1n) is 4.23. The normalized spacial score (nSPS) is 11.9. The predicted octanol–water partition coefficient (Wildman–Crippen LogP) is 0.448. The monoisotopic (exact) mass is 271 g/mol. The number of aromatic nitrogens is 1. The van der Waals surface area contributed by atoms with Gasteiger partial charge in [-0.1, -0.05) is 6.07 Å². The van der Waals surface area contributed by atoms with E-state index in [9.17, 15) is 9.59 Å². The summed E-state index contributed by atoms with van der Waals surface area (Å²) in [6.07, 6.45) is 0. The Hall–Kier alpha value is -1.43. The lowest BCUT2D eigenvalue weighted by Gasteiger charge is -2.09. The molecule has 0 aliphatic carbocycles. The lowest BCUT2D eigenvalue weighted by atomic mass is 10.3. The molecule has 2 amide bonds. The standard InChI is InChI=1S/C9H10BrN3O2/c1-5(8(11)14)12-9(15)6-3-2-4-7(10)13-6/h2-5H,1H3,(H2,11,14)(H,12,15). The molecule has 1 rings (SSSR count). The quantitative estimate of drug-likeness (QED) is 0.783. The Morgan fingerprint density at radius 1 is 1.53 bits per heavy atom. The van der Waals surface area contributed by atoms with E-state index >= 15 is 0 Å². The van der Waals surface area contributed by atoms with Crippen LogP contribution in [0.5, 0.6) is 0 Å². The van der Waals surface area contributed by atoms with E-state index in [0.717, 1.165) is 0 Å². The molecule has 0 aliphatic heterocycles. The Morgan fingerprint density at radius 3 is 2.73 bits per heavy atom. The van der Waals surface area contributed by atoms with Crippen molar-refractivity contribution in [3.05, 3.63) is 28.5 Å². The molecule has 0 saturated heterocycles. The molecule has 0 bridgehead atoms. The lowest BCUT2D eigenvalue weighted by Crippen LogP contribution is -2.42. The van der Waals surface area contributed by atoms with Crippen LogP contribution in [0.15, 0.2) is 22.8 Å². The summed E-state index contributed by atoms with van der Waals surface area (Å²) in [6, 6.07) is 4.22. The zero-order valence-corrected chi connectivity index (χ0v) is 9.61. The first-order valence-corrected chi connectivity index (χ1v) is 5.02. The van der Waals surface area contributed by atoms with E-state index in [4.69, 9.17) is 5.73 Å². The average molecular weight is 272 g/mol. The molecule has 0 spiro atoms. The first kappa shape index (κ1) is 11.6. The van der Waals surface area contributed by atoms with Crippen LogP contribution in [0.25, 0.3) is 0 Å². The van der Waals surface area contributed by atoms with E-state index < -0.39 is 17.9 Å². The summed E-state index contributed by atoms with van der Waals surface area (Å²) in [6.45, 7) is 1.51. The largest absolute Gasteiger partial charge is 0.368 e. The van der Waals surface area contributed by atoms with Gasteiger partial charge in [0.25, 0.3) is 5.91 Å². The molecular weight excluding hydrogens is 262 g/mol. The maximum absolute atomic E-state index is 11.5. The number of hydrogen-bond acceptors (Lipinski definition) is 3. The van der Waals surface area contributed by atoms with Crippen LogP contribution in [0.3, 0.4) is 0 Å². The van der Waals surface area contributed by atoms with Gasteiger partial charge in [-0.2, -0.15) is 0 Å². The average Bonchev–Trinajstić information content (AvgIpc) is 2.17. The third kappa shape index (κ3) is 3.32. The van der Waals surface area contributed by atoms with E-state index in [2.05, 4.69) is 26.2 Å². The zero-order chi connectivity index (χ0) is 11.4. The molecule has 1 aromatic heterocycles. The van der Waals surface area contributed by atoms with Crippen LogP contribution in [0.1, 0.15) is 17.4 Å². The molecule has 5 nitrogen and oxygen atoms in total. The van der Waals surface area contributed by atoms with Gasteiger partial charge in [0.2, 0.25) is 5.91 Å². The van der Waals surface area contributed by atoms with Crippen molar-refractivity contribution in [1.82, 2.24) is 10.3 Å². The Morgan fingerprint density at radius 2 is 2.20 bits per heavy atom. The van der Waals surface area contributed by atoms with Crippen molar-refractivity contribution < 1.29 is 9.59 Å². The van der Waals surface area contributed by atoms with Gasteiger partial charge in [0.1, 0.15) is 16.3 Å². The van der Waals surface area contributed by atoms with Gasteiger partial charge >= 0.3 is 0 Å². The van der Waals surface area contributed by atoms with Crippen LogP contribution in [0, 0.1) is 0 Å². The highest BCUT2D eigenvalue weighted by Gasteiger charge is 2.14. The van der Waals surface area contributed by atoms with Crippen molar-refractivity contribution in [2.45, 2.75) is 13.0 Å². The first-order chi connectivity index (χ1) is 7.00. The molecule has 3 N–H and O–H groups in total. The van der Waals surface area contributed by atoms with Gasteiger partial charge in [-0.3, -0.25) is 9.59 Å². The molecule has 0 radical (unpaired) electrons. The minimum absolute atomic E-state index is 0.234. The molecule has 0 saturated carbocycles. The van der Waals surface area contributed by atoms with Crippen molar-refractivity contribution in [3.63, 3.8) is 0 Å². The van der Waals surface area contributed by atoms with Crippen LogP contribution in [0.4, 0.5) is 0 Å². The van der Waals surface area contributed by atoms with Crippen LogP contribution in [-0.4, -0.2) is 22.8 Å². The highest BCUT2D eigenvalue weighted by atomic mass is 79.9. The van der Waals surface area contributed by atoms with E-state index in [0.29, 0.717) is 4.60 Å². The highest BCUT2D eigenvalue weighted by Crippen LogP contribution is 2.06. The second-order valence-electron chi connectivity index (χ2n) is 2.94. The summed E-state index contributed by atoms with van der Waals surface area (Å²) in [5, 5.41) is 2.43. The molecule has 1 heterocycles. The van der Waals surface area contributed by atoms with Gasteiger partial charge in [0.15, 0.2) is 0 Å². The van der Waals surface area contributed by atoms with Crippen molar-refractivity contribution in [2.24, 2.45) is 5.73 Å². The molecule has 15 heavy (non-hydrogen) atoms. The lowest BCUT2D eigenvalue weighted by molar-refractivity contribution is -0.119. The number of carbonyl (C=O) groups is 2. The number of nitrogens with two attached hydrogens (primary N) is 1. The van der Waals surface area contributed by atoms with Gasteiger partial charge in [-0.25, -0.2) is 4.98 Å². The molecule has 1 unspecified atom stereocenters. The smallest absolute Gasteiger partial charge is 0.270 e. The number of carbonyl (C=O) groups excluding carboxylic acids is 2. The number of hydrogen-bond donors (Lipinski definition) is 2. The maximum Gasteiger partial charge on any atom is 0.270 e. The summed E-state index contributed by atoms with van der Waals surface area (Å²) in [5.41, 5.74) is 5.24. The van der Waals surface area contributed by atoms with Gasteiger partial charge < -0.3 is 11.1 Å². The molecule has 80 valence electrons. The number of nitrogens with zero attached hydrogens (tertiary/aromatic N) is 1. The van der Waals surface area contributed by atoms with E-state index in [1.54, 1.807) is 18.2 Å². The molecule has 0 aliphatic rings. The summed E-state index contributed by atoms with van der Waals surface area (Å²) in [7, 11) is 0. The Bertz CT molecular complexity index is 395. The van der Waals surface area contributed by atoms with Crippen LogP contribution in [-0.2, 0) is 4.79 Å². The predicted molar refractivity (Wildman–Crippen MR) is 58.1 cm³/mol. The SMILES string of the molecule is CC(NC(=O)c1cccc(Br)n1)C(N)=O. The second kappa shape index (κ2) is 4.88. The molecule has 1 atom stereocenters. The van der Waals surface area contributed by atoms with E-state index in [1.165, 1.54) is 6.92 Å². The summed E-state index contributed by atoms with van der Waals surface area (Å²) < 4.78 is 0.557. The topological polar surface area (TPSA) is 85.1 Å². The van der Waals surface area contributed by atoms with Gasteiger partial charge in [-0.05, 0) is 35.0 Å². The Balaban J connectivity index is 2.73. The van der Waals surface area contributed by atoms with Crippen LogP contribution < -0.4 is 11.1 Å². The minimum atomic E-state index is -0.710. The second-order valence-corrected chi connectivity index (χ2v) is 3.76. The van der Waals surface area contributed by atoms with Crippen molar-refractivity contribution >= 4 is 27.7 Å². The fraction of sp³-hybridized carbons (Fsp3) is 0.222. The summed E-state index contributed by atoms with van der Waals surface area (Å²) in [4.78, 5) is 26.2. The third-order valence-electron chi connectivity index (χ3n) is 1.72. The number of pyridine rings is 1. The highest BCUT2D eigenvalue weighted by molar-refractivity contribution is 9.10.